The number of carbonyl (C=O) groups is 1. The zero-order chi connectivity index (χ0) is 18.1. The van der Waals surface area contributed by atoms with Crippen LogP contribution in [0.2, 0.25) is 5.02 Å². The molecule has 0 saturated carbocycles. The SMILES string of the molecule is COc1cc([C@H]2C(C#N)=C(C)NC3=C2C(=O)CCC3)cc(Cl)c1OC. The number of methoxy groups -OCH3 is 2. The first-order chi connectivity index (χ1) is 12.0. The average Bonchev–Trinajstić information content (AvgIpc) is 2.60. The van der Waals surface area contributed by atoms with Crippen molar-refractivity contribution in [3.63, 3.8) is 0 Å². The minimum absolute atomic E-state index is 0.0740. The van der Waals surface area contributed by atoms with Gasteiger partial charge in [0.05, 0.1) is 36.8 Å². The van der Waals surface area contributed by atoms with Crippen molar-refractivity contribution in [2.45, 2.75) is 32.1 Å². The maximum atomic E-state index is 12.6. The van der Waals surface area contributed by atoms with Crippen LogP contribution < -0.4 is 14.8 Å². The first-order valence-electron chi connectivity index (χ1n) is 8.07. The Morgan fingerprint density at radius 2 is 2.04 bits per heavy atom. The molecule has 130 valence electrons. The van der Waals surface area contributed by atoms with Gasteiger partial charge in [0.1, 0.15) is 0 Å². The summed E-state index contributed by atoms with van der Waals surface area (Å²) >= 11 is 6.35. The van der Waals surface area contributed by atoms with E-state index in [-0.39, 0.29) is 5.78 Å². The summed E-state index contributed by atoms with van der Waals surface area (Å²) in [6.07, 6.45) is 2.11. The number of ether oxygens (including phenoxy) is 2. The second-order valence-corrected chi connectivity index (χ2v) is 6.52. The van der Waals surface area contributed by atoms with E-state index in [2.05, 4.69) is 11.4 Å². The fraction of sp³-hybridized carbons (Fsp3) is 0.368. The Balaban J connectivity index is 2.23. The molecule has 0 saturated heterocycles. The first kappa shape index (κ1) is 17.4. The van der Waals surface area contributed by atoms with Gasteiger partial charge in [-0.3, -0.25) is 4.79 Å². The molecule has 3 rings (SSSR count). The Hall–Kier alpha value is -2.45. The van der Waals surface area contributed by atoms with Gasteiger partial charge in [0, 0.05) is 23.4 Å². The average molecular weight is 359 g/mol. The lowest BCUT2D eigenvalue weighted by Crippen LogP contribution is -2.31. The van der Waals surface area contributed by atoms with Crippen LogP contribution in [0.25, 0.3) is 0 Å². The van der Waals surface area contributed by atoms with E-state index >= 15 is 0 Å². The number of allylic oxidation sites excluding steroid dienone is 4. The predicted molar refractivity (Wildman–Crippen MR) is 94.6 cm³/mol. The fourth-order valence-electron chi connectivity index (χ4n) is 3.57. The molecule has 1 N–H and O–H groups in total. The molecule has 0 bridgehead atoms. The van der Waals surface area contributed by atoms with Gasteiger partial charge in [-0.1, -0.05) is 11.6 Å². The summed E-state index contributed by atoms with van der Waals surface area (Å²) in [5.41, 5.74) is 3.62. The van der Waals surface area contributed by atoms with Crippen molar-refractivity contribution in [2.24, 2.45) is 0 Å². The van der Waals surface area contributed by atoms with Crippen molar-refractivity contribution in [1.82, 2.24) is 5.32 Å². The number of nitriles is 1. The molecule has 6 heteroatoms. The zero-order valence-corrected chi connectivity index (χ0v) is 15.2. The number of dihydropyridines is 1. The van der Waals surface area contributed by atoms with Crippen LogP contribution in [0, 0.1) is 11.3 Å². The molecule has 1 aromatic carbocycles. The van der Waals surface area contributed by atoms with E-state index in [4.69, 9.17) is 21.1 Å². The van der Waals surface area contributed by atoms with Gasteiger partial charge < -0.3 is 14.8 Å². The molecule has 0 spiro atoms. The van der Waals surface area contributed by atoms with Gasteiger partial charge in [-0.25, -0.2) is 0 Å². The van der Waals surface area contributed by atoms with Crippen LogP contribution in [0.1, 0.15) is 37.7 Å². The lowest BCUT2D eigenvalue weighted by molar-refractivity contribution is -0.116. The summed E-state index contributed by atoms with van der Waals surface area (Å²) in [5, 5.41) is 13.3. The minimum atomic E-state index is -0.439. The highest BCUT2D eigenvalue weighted by Crippen LogP contribution is 2.45. The largest absolute Gasteiger partial charge is 0.493 e. The van der Waals surface area contributed by atoms with Crippen LogP contribution in [0.3, 0.4) is 0 Å². The van der Waals surface area contributed by atoms with Crippen LogP contribution >= 0.6 is 11.6 Å². The van der Waals surface area contributed by atoms with Crippen LogP contribution in [-0.4, -0.2) is 20.0 Å². The molecule has 1 atom stereocenters. The van der Waals surface area contributed by atoms with Gasteiger partial charge in [0.15, 0.2) is 17.3 Å². The van der Waals surface area contributed by atoms with Crippen LogP contribution in [0.15, 0.2) is 34.7 Å². The molecule has 0 unspecified atom stereocenters. The van der Waals surface area contributed by atoms with Crippen molar-refractivity contribution in [3.8, 4) is 17.6 Å². The molecule has 2 aliphatic rings. The van der Waals surface area contributed by atoms with E-state index in [1.807, 2.05) is 6.92 Å². The van der Waals surface area contributed by atoms with Crippen molar-refractivity contribution in [3.05, 3.63) is 45.3 Å². The standard InChI is InChI=1S/C19H19ClN2O3/c1-10-12(9-21)17(18-14(22-10)5-4-6-15(18)23)11-7-13(20)19(25-3)16(8-11)24-2/h7-8,17,22H,4-6H2,1-3H3/t17-/m0/s1. The first-order valence-corrected chi connectivity index (χ1v) is 8.45. The summed E-state index contributed by atoms with van der Waals surface area (Å²) in [7, 11) is 3.05. The van der Waals surface area contributed by atoms with Gasteiger partial charge in [-0.05, 0) is 37.5 Å². The van der Waals surface area contributed by atoms with Gasteiger partial charge in [-0.15, -0.1) is 0 Å². The Morgan fingerprint density at radius 3 is 2.68 bits per heavy atom. The van der Waals surface area contributed by atoms with Crippen LogP contribution in [0.4, 0.5) is 0 Å². The summed E-state index contributed by atoms with van der Waals surface area (Å²) in [6.45, 7) is 1.86. The number of nitrogens with one attached hydrogen (secondary N) is 1. The molecule has 0 aromatic heterocycles. The van der Waals surface area contributed by atoms with E-state index in [0.29, 0.717) is 34.1 Å². The molecule has 0 radical (unpaired) electrons. The van der Waals surface area contributed by atoms with Gasteiger partial charge >= 0.3 is 0 Å². The normalized spacial score (nSPS) is 20.0. The summed E-state index contributed by atoms with van der Waals surface area (Å²) in [4.78, 5) is 12.6. The molecule has 1 aliphatic heterocycles. The second kappa shape index (κ2) is 6.81. The predicted octanol–water partition coefficient (Wildman–Crippen LogP) is 3.85. The quantitative estimate of drug-likeness (QED) is 0.888. The molecular formula is C19H19ClN2O3. The third-order valence-electron chi connectivity index (χ3n) is 4.69. The third kappa shape index (κ3) is 2.87. The third-order valence-corrected chi connectivity index (χ3v) is 4.97. The van der Waals surface area contributed by atoms with Crippen LogP contribution in [0.5, 0.6) is 11.5 Å². The Kier molecular flexibility index (Phi) is 4.73. The number of benzene rings is 1. The molecule has 5 nitrogen and oxygen atoms in total. The number of ketones is 1. The molecule has 25 heavy (non-hydrogen) atoms. The highest BCUT2D eigenvalue weighted by Gasteiger charge is 2.36. The van der Waals surface area contributed by atoms with E-state index in [0.717, 1.165) is 29.8 Å². The van der Waals surface area contributed by atoms with Gasteiger partial charge in [0.25, 0.3) is 0 Å². The maximum absolute atomic E-state index is 12.6. The number of nitrogens with zero attached hydrogens (tertiary/aromatic N) is 1. The fourth-order valence-corrected chi connectivity index (χ4v) is 3.87. The highest BCUT2D eigenvalue weighted by atomic mass is 35.5. The number of hydrogen-bond acceptors (Lipinski definition) is 5. The topological polar surface area (TPSA) is 71.3 Å². The lowest BCUT2D eigenvalue weighted by Gasteiger charge is -2.33. The molecule has 1 heterocycles. The molecular weight excluding hydrogens is 340 g/mol. The Labute approximate surface area is 151 Å². The molecule has 0 amide bonds. The number of hydrogen-bond donors (Lipinski definition) is 1. The highest BCUT2D eigenvalue weighted by molar-refractivity contribution is 6.32. The van der Waals surface area contributed by atoms with Gasteiger partial charge in [0.2, 0.25) is 0 Å². The summed E-state index contributed by atoms with van der Waals surface area (Å²) < 4.78 is 10.7. The van der Waals surface area contributed by atoms with Crippen molar-refractivity contribution >= 4 is 17.4 Å². The Morgan fingerprint density at radius 1 is 1.28 bits per heavy atom. The van der Waals surface area contributed by atoms with E-state index < -0.39 is 5.92 Å². The zero-order valence-electron chi connectivity index (χ0n) is 14.4. The maximum Gasteiger partial charge on any atom is 0.179 e. The molecule has 1 aliphatic carbocycles. The summed E-state index contributed by atoms with van der Waals surface area (Å²) in [5.74, 6) is 0.547. The van der Waals surface area contributed by atoms with E-state index in [1.165, 1.54) is 14.2 Å². The van der Waals surface area contributed by atoms with Gasteiger partial charge in [-0.2, -0.15) is 5.26 Å². The number of Topliss-reactive ketones (excluding diaryl/α,β-unsaturated/α-hetero) is 1. The van der Waals surface area contributed by atoms with Crippen molar-refractivity contribution in [1.29, 1.82) is 5.26 Å². The second-order valence-electron chi connectivity index (χ2n) is 6.12. The number of carbonyl (C=O) groups excluding carboxylic acids is 1. The minimum Gasteiger partial charge on any atom is -0.493 e. The van der Waals surface area contributed by atoms with E-state index in [9.17, 15) is 10.1 Å². The lowest BCUT2D eigenvalue weighted by atomic mass is 9.75. The molecule has 0 fully saturated rings. The number of halogens is 1. The van der Waals surface area contributed by atoms with Crippen molar-refractivity contribution in [2.75, 3.05) is 14.2 Å². The molecule has 1 aromatic rings. The Bertz CT molecular complexity index is 849. The summed E-state index contributed by atoms with van der Waals surface area (Å²) in [6, 6.07) is 5.79. The monoisotopic (exact) mass is 358 g/mol. The number of rotatable bonds is 3. The van der Waals surface area contributed by atoms with E-state index in [1.54, 1.807) is 12.1 Å². The van der Waals surface area contributed by atoms with Crippen LogP contribution in [-0.2, 0) is 4.79 Å². The smallest absolute Gasteiger partial charge is 0.179 e. The van der Waals surface area contributed by atoms with Crippen molar-refractivity contribution < 1.29 is 14.3 Å².